The fourth-order valence-electron chi connectivity index (χ4n) is 3.25. The minimum Gasteiger partial charge on any atom is -0.339 e. The van der Waals surface area contributed by atoms with Crippen LogP contribution in [0, 0.1) is 0 Å². The molecule has 1 aromatic carbocycles. The Morgan fingerprint density at radius 2 is 2.12 bits per heavy atom. The Balaban J connectivity index is 1.52. The Labute approximate surface area is 143 Å². The summed E-state index contributed by atoms with van der Waals surface area (Å²) in [4.78, 5) is 26.9. The van der Waals surface area contributed by atoms with Crippen LogP contribution in [0.25, 0.3) is 10.9 Å². The molecule has 1 saturated heterocycles. The highest BCUT2D eigenvalue weighted by Gasteiger charge is 2.25. The molecule has 128 valence electrons. The van der Waals surface area contributed by atoms with Crippen LogP contribution in [0.4, 0.5) is 0 Å². The predicted octanol–water partition coefficient (Wildman–Crippen LogP) is 0.852. The lowest BCUT2D eigenvalue weighted by atomic mass is 10.1. The SMILES string of the molecule is O=C(Cn1nnc2ccccc2c1=O)N1CCC[C@H](n2cccn2)C1. The van der Waals surface area contributed by atoms with Crippen molar-refractivity contribution in [2.75, 3.05) is 13.1 Å². The smallest absolute Gasteiger partial charge is 0.278 e. The molecule has 0 bridgehead atoms. The van der Waals surface area contributed by atoms with E-state index < -0.39 is 0 Å². The Morgan fingerprint density at radius 1 is 1.24 bits per heavy atom. The summed E-state index contributed by atoms with van der Waals surface area (Å²) < 4.78 is 3.03. The average Bonchev–Trinajstić information content (AvgIpc) is 3.19. The molecule has 0 aliphatic carbocycles. The molecule has 3 aromatic rings. The molecule has 1 atom stereocenters. The highest BCUT2D eigenvalue weighted by Crippen LogP contribution is 2.20. The first-order valence-corrected chi connectivity index (χ1v) is 8.32. The van der Waals surface area contributed by atoms with Crippen LogP contribution < -0.4 is 5.56 Å². The van der Waals surface area contributed by atoms with Gasteiger partial charge in [0.15, 0.2) is 0 Å². The number of aromatic nitrogens is 5. The first-order chi connectivity index (χ1) is 12.2. The quantitative estimate of drug-likeness (QED) is 0.707. The van der Waals surface area contributed by atoms with Crippen LogP contribution in [0.1, 0.15) is 18.9 Å². The number of hydrogen-bond acceptors (Lipinski definition) is 5. The van der Waals surface area contributed by atoms with Gasteiger partial charge in [-0.15, -0.1) is 5.10 Å². The van der Waals surface area contributed by atoms with E-state index in [4.69, 9.17) is 0 Å². The fourth-order valence-corrected chi connectivity index (χ4v) is 3.25. The van der Waals surface area contributed by atoms with Gasteiger partial charge in [-0.3, -0.25) is 14.3 Å². The van der Waals surface area contributed by atoms with E-state index in [1.54, 1.807) is 35.4 Å². The second kappa shape index (κ2) is 6.46. The van der Waals surface area contributed by atoms with Crippen molar-refractivity contribution in [3.63, 3.8) is 0 Å². The number of hydrogen-bond donors (Lipinski definition) is 0. The number of nitrogens with zero attached hydrogens (tertiary/aromatic N) is 6. The monoisotopic (exact) mass is 338 g/mol. The van der Waals surface area contributed by atoms with Crippen molar-refractivity contribution >= 4 is 16.8 Å². The molecular formula is C17H18N6O2. The predicted molar refractivity (Wildman–Crippen MR) is 90.9 cm³/mol. The first kappa shape index (κ1) is 15.5. The minimum absolute atomic E-state index is 0.0947. The van der Waals surface area contributed by atoms with Gasteiger partial charge in [0.1, 0.15) is 12.1 Å². The first-order valence-electron chi connectivity index (χ1n) is 8.32. The van der Waals surface area contributed by atoms with E-state index in [-0.39, 0.29) is 24.1 Å². The maximum absolute atomic E-state index is 12.6. The number of likely N-dealkylation sites (tertiary alicyclic amines) is 1. The molecule has 0 unspecified atom stereocenters. The van der Waals surface area contributed by atoms with E-state index in [2.05, 4.69) is 15.4 Å². The van der Waals surface area contributed by atoms with E-state index in [0.717, 1.165) is 17.5 Å². The number of carbonyl (C=O) groups is 1. The summed E-state index contributed by atoms with van der Waals surface area (Å²) in [7, 11) is 0. The van der Waals surface area contributed by atoms with Gasteiger partial charge in [-0.05, 0) is 31.0 Å². The largest absolute Gasteiger partial charge is 0.339 e. The van der Waals surface area contributed by atoms with Gasteiger partial charge in [0.05, 0.1) is 11.4 Å². The standard InChI is InChI=1S/C17H18N6O2/c24-16(21-9-3-5-13(11-21)22-10-4-8-18-22)12-23-17(25)14-6-1-2-7-15(14)19-20-23/h1-2,4,6-8,10,13H,3,5,9,11-12H2/t13-/m0/s1. The van der Waals surface area contributed by atoms with Crippen LogP contribution in [0.5, 0.6) is 0 Å². The van der Waals surface area contributed by atoms with Crippen molar-refractivity contribution < 1.29 is 4.79 Å². The molecule has 8 heteroatoms. The summed E-state index contributed by atoms with van der Waals surface area (Å²) in [6.45, 7) is 1.19. The number of piperidine rings is 1. The zero-order valence-corrected chi connectivity index (χ0v) is 13.7. The molecule has 0 radical (unpaired) electrons. The molecule has 0 saturated carbocycles. The number of benzene rings is 1. The van der Waals surface area contributed by atoms with Crippen molar-refractivity contribution in [1.29, 1.82) is 0 Å². The molecule has 1 aliphatic heterocycles. The van der Waals surface area contributed by atoms with E-state index in [9.17, 15) is 9.59 Å². The zero-order chi connectivity index (χ0) is 17.2. The molecule has 3 heterocycles. The summed E-state index contributed by atoms with van der Waals surface area (Å²) in [5.74, 6) is -0.122. The molecule has 25 heavy (non-hydrogen) atoms. The molecule has 0 N–H and O–H groups in total. The number of amides is 1. The highest BCUT2D eigenvalue weighted by atomic mass is 16.2. The van der Waals surface area contributed by atoms with Crippen molar-refractivity contribution in [3.05, 3.63) is 53.1 Å². The van der Waals surface area contributed by atoms with Crippen LogP contribution in [-0.4, -0.2) is 48.7 Å². The molecule has 2 aromatic heterocycles. The van der Waals surface area contributed by atoms with Gasteiger partial charge in [0.2, 0.25) is 5.91 Å². The van der Waals surface area contributed by atoms with Gasteiger partial charge < -0.3 is 4.90 Å². The third-order valence-electron chi connectivity index (χ3n) is 4.56. The summed E-state index contributed by atoms with van der Waals surface area (Å²) in [6.07, 6.45) is 5.55. The second-order valence-electron chi connectivity index (χ2n) is 6.19. The normalized spacial score (nSPS) is 17.8. The van der Waals surface area contributed by atoms with Gasteiger partial charge in [-0.25, -0.2) is 4.68 Å². The molecule has 4 rings (SSSR count). The Kier molecular flexibility index (Phi) is 4.01. The number of fused-ring (bicyclic) bond motifs is 1. The van der Waals surface area contributed by atoms with Gasteiger partial charge in [-0.2, -0.15) is 5.10 Å². The maximum Gasteiger partial charge on any atom is 0.278 e. The van der Waals surface area contributed by atoms with Crippen molar-refractivity contribution in [3.8, 4) is 0 Å². The third-order valence-corrected chi connectivity index (χ3v) is 4.56. The molecule has 1 amide bonds. The van der Waals surface area contributed by atoms with E-state index >= 15 is 0 Å². The molecule has 1 aliphatic rings. The molecule has 1 fully saturated rings. The number of carbonyl (C=O) groups excluding carboxylic acids is 1. The van der Waals surface area contributed by atoms with Crippen molar-refractivity contribution in [2.45, 2.75) is 25.4 Å². The topological polar surface area (TPSA) is 85.9 Å². The van der Waals surface area contributed by atoms with Crippen LogP contribution in [0.2, 0.25) is 0 Å². The van der Waals surface area contributed by atoms with Gasteiger partial charge >= 0.3 is 0 Å². The summed E-state index contributed by atoms with van der Waals surface area (Å²) in [5.41, 5.74) is 0.243. The van der Waals surface area contributed by atoms with E-state index in [1.807, 2.05) is 16.9 Å². The third kappa shape index (κ3) is 3.02. The summed E-state index contributed by atoms with van der Waals surface area (Å²) in [6, 6.07) is 9.06. The molecule has 0 spiro atoms. The Morgan fingerprint density at radius 3 is 2.96 bits per heavy atom. The summed E-state index contributed by atoms with van der Waals surface area (Å²) >= 11 is 0. The number of rotatable bonds is 3. The summed E-state index contributed by atoms with van der Waals surface area (Å²) in [5, 5.41) is 12.7. The highest BCUT2D eigenvalue weighted by molar-refractivity contribution is 5.78. The maximum atomic E-state index is 12.6. The zero-order valence-electron chi connectivity index (χ0n) is 13.7. The van der Waals surface area contributed by atoms with Gasteiger partial charge in [0, 0.05) is 25.5 Å². The van der Waals surface area contributed by atoms with Crippen LogP contribution >= 0.6 is 0 Å². The van der Waals surface area contributed by atoms with Crippen molar-refractivity contribution in [1.82, 2.24) is 29.7 Å². The van der Waals surface area contributed by atoms with Gasteiger partial charge in [-0.1, -0.05) is 17.3 Å². The van der Waals surface area contributed by atoms with Crippen molar-refractivity contribution in [2.24, 2.45) is 0 Å². The van der Waals surface area contributed by atoms with Crippen LogP contribution in [-0.2, 0) is 11.3 Å². The lowest BCUT2D eigenvalue weighted by Gasteiger charge is -2.32. The van der Waals surface area contributed by atoms with Crippen LogP contribution in [0.3, 0.4) is 0 Å². The second-order valence-corrected chi connectivity index (χ2v) is 6.19. The fraction of sp³-hybridized carbons (Fsp3) is 0.353. The lowest BCUT2D eigenvalue weighted by molar-refractivity contribution is -0.133. The van der Waals surface area contributed by atoms with Gasteiger partial charge in [0.25, 0.3) is 5.56 Å². The Bertz CT molecular complexity index is 949. The van der Waals surface area contributed by atoms with Crippen LogP contribution in [0.15, 0.2) is 47.5 Å². The van der Waals surface area contributed by atoms with E-state index in [0.29, 0.717) is 24.0 Å². The Hall–Kier alpha value is -3.03. The minimum atomic E-state index is -0.292. The lowest BCUT2D eigenvalue weighted by Crippen LogP contribution is -2.43. The molecular weight excluding hydrogens is 320 g/mol. The van der Waals surface area contributed by atoms with E-state index in [1.165, 1.54) is 0 Å². The average molecular weight is 338 g/mol. The molecule has 8 nitrogen and oxygen atoms in total.